The van der Waals surface area contributed by atoms with Crippen molar-refractivity contribution in [1.82, 2.24) is 0 Å². The van der Waals surface area contributed by atoms with Crippen molar-refractivity contribution in [3.63, 3.8) is 0 Å². The van der Waals surface area contributed by atoms with E-state index in [2.05, 4.69) is 4.99 Å². The molecule has 1 aliphatic heterocycles. The lowest BCUT2D eigenvalue weighted by Gasteiger charge is -1.95. The molecule has 40 valence electrons. The van der Waals surface area contributed by atoms with Crippen molar-refractivity contribution in [2.45, 2.75) is 0 Å². The molecule has 2 N–H and O–H groups in total. The standard InChI is InChI=1S/C5H5N3/c6-4-1-2-8-3-5(4)7/h1-3,6-7H. The van der Waals surface area contributed by atoms with E-state index < -0.39 is 0 Å². The van der Waals surface area contributed by atoms with Gasteiger partial charge in [0.15, 0.2) is 0 Å². The average Bonchev–Trinajstić information content (AvgIpc) is 1.77. The van der Waals surface area contributed by atoms with Crippen LogP contribution < -0.4 is 0 Å². The second kappa shape index (κ2) is 1.69. The van der Waals surface area contributed by atoms with Gasteiger partial charge >= 0.3 is 0 Å². The molecule has 0 radical (unpaired) electrons. The number of hydrogen-bond acceptors (Lipinski definition) is 3. The predicted octanol–water partition coefficient (Wildman–Crippen LogP) is 0.624. The minimum atomic E-state index is 0.174. The third-order valence-electron chi connectivity index (χ3n) is 0.821. The molecule has 0 amide bonds. The zero-order valence-electron chi connectivity index (χ0n) is 4.18. The van der Waals surface area contributed by atoms with E-state index in [9.17, 15) is 0 Å². The minimum Gasteiger partial charge on any atom is -0.299 e. The molecule has 3 nitrogen and oxygen atoms in total. The number of hydrogen-bond donors (Lipinski definition) is 2. The Hall–Kier alpha value is -1.25. The fraction of sp³-hybridized carbons (Fsp3) is 0. The van der Waals surface area contributed by atoms with Crippen molar-refractivity contribution in [2.24, 2.45) is 4.99 Å². The predicted molar refractivity (Wildman–Crippen MR) is 33.1 cm³/mol. The van der Waals surface area contributed by atoms with Gasteiger partial charge in [0.25, 0.3) is 0 Å². The van der Waals surface area contributed by atoms with Gasteiger partial charge in [0.1, 0.15) is 0 Å². The van der Waals surface area contributed by atoms with Gasteiger partial charge in [-0.25, -0.2) is 0 Å². The Balaban J connectivity index is 2.89. The Bertz CT molecular complexity index is 166. The Morgan fingerprint density at radius 1 is 1.25 bits per heavy atom. The summed E-state index contributed by atoms with van der Waals surface area (Å²) in [6.45, 7) is 0. The van der Waals surface area contributed by atoms with Gasteiger partial charge in [0, 0.05) is 6.20 Å². The quantitative estimate of drug-likeness (QED) is 0.456. The maximum atomic E-state index is 6.99. The highest BCUT2D eigenvalue weighted by molar-refractivity contribution is 6.64. The van der Waals surface area contributed by atoms with Gasteiger partial charge in [-0.15, -0.1) is 0 Å². The molecule has 0 spiro atoms. The van der Waals surface area contributed by atoms with Crippen molar-refractivity contribution in [1.29, 1.82) is 10.8 Å². The van der Waals surface area contributed by atoms with Gasteiger partial charge in [-0.2, -0.15) is 0 Å². The molecule has 1 heterocycles. The molecule has 0 aromatic heterocycles. The zero-order chi connectivity index (χ0) is 5.98. The highest BCUT2D eigenvalue weighted by Crippen LogP contribution is 1.86. The molecule has 8 heavy (non-hydrogen) atoms. The van der Waals surface area contributed by atoms with Crippen LogP contribution in [0.3, 0.4) is 0 Å². The molecule has 1 aliphatic rings. The maximum Gasteiger partial charge on any atom is 0.0972 e. The van der Waals surface area contributed by atoms with Crippen molar-refractivity contribution < 1.29 is 0 Å². The molecule has 1 rings (SSSR count). The Kier molecular flexibility index (Phi) is 1.04. The summed E-state index contributed by atoms with van der Waals surface area (Å²) in [5, 5.41) is 14.0. The molecule has 0 saturated heterocycles. The Morgan fingerprint density at radius 2 is 2.00 bits per heavy atom. The summed E-state index contributed by atoms with van der Waals surface area (Å²) in [5.74, 6) is 0. The van der Waals surface area contributed by atoms with Crippen molar-refractivity contribution in [3.05, 3.63) is 12.3 Å². The smallest absolute Gasteiger partial charge is 0.0972 e. The van der Waals surface area contributed by atoms with E-state index in [1.807, 2.05) is 0 Å². The summed E-state index contributed by atoms with van der Waals surface area (Å²) in [4.78, 5) is 3.64. The number of aliphatic imine (C=N–C) groups is 1. The van der Waals surface area contributed by atoms with Crippen LogP contribution in [0.5, 0.6) is 0 Å². The summed E-state index contributed by atoms with van der Waals surface area (Å²) in [6.07, 6.45) is 4.34. The lowest BCUT2D eigenvalue weighted by molar-refractivity contribution is 1.48. The van der Waals surface area contributed by atoms with Gasteiger partial charge in [0.05, 0.1) is 17.6 Å². The number of rotatable bonds is 0. The van der Waals surface area contributed by atoms with Crippen molar-refractivity contribution in [3.8, 4) is 0 Å². The van der Waals surface area contributed by atoms with Crippen LogP contribution in [0.15, 0.2) is 17.3 Å². The molecule has 0 aromatic carbocycles. The molecular weight excluding hydrogens is 102 g/mol. The molecule has 0 unspecified atom stereocenters. The number of nitrogens with one attached hydrogen (secondary N) is 2. The third-order valence-corrected chi connectivity index (χ3v) is 0.821. The van der Waals surface area contributed by atoms with Gasteiger partial charge in [-0.3, -0.25) is 15.8 Å². The molecule has 0 bridgehead atoms. The first-order valence-electron chi connectivity index (χ1n) is 2.18. The molecule has 0 aliphatic carbocycles. The first-order valence-corrected chi connectivity index (χ1v) is 2.18. The lowest BCUT2D eigenvalue weighted by atomic mass is 10.2. The average molecular weight is 107 g/mol. The van der Waals surface area contributed by atoms with Gasteiger partial charge in [-0.1, -0.05) is 0 Å². The van der Waals surface area contributed by atoms with Gasteiger partial charge in [0.2, 0.25) is 0 Å². The van der Waals surface area contributed by atoms with Crippen LogP contribution in [0.25, 0.3) is 0 Å². The van der Waals surface area contributed by atoms with Gasteiger partial charge in [-0.05, 0) is 6.08 Å². The minimum absolute atomic E-state index is 0.174. The third kappa shape index (κ3) is 0.703. The van der Waals surface area contributed by atoms with Crippen LogP contribution in [0.4, 0.5) is 0 Å². The lowest BCUT2D eigenvalue weighted by Crippen LogP contribution is -2.12. The SMILES string of the molecule is N=C1C=CN=CC1=N. The van der Waals surface area contributed by atoms with E-state index in [0.29, 0.717) is 0 Å². The van der Waals surface area contributed by atoms with E-state index >= 15 is 0 Å². The van der Waals surface area contributed by atoms with E-state index in [-0.39, 0.29) is 11.4 Å². The second-order valence-corrected chi connectivity index (χ2v) is 1.42. The monoisotopic (exact) mass is 107 g/mol. The van der Waals surface area contributed by atoms with E-state index in [4.69, 9.17) is 10.8 Å². The van der Waals surface area contributed by atoms with Crippen molar-refractivity contribution in [2.75, 3.05) is 0 Å². The van der Waals surface area contributed by atoms with Crippen LogP contribution >= 0.6 is 0 Å². The fourth-order valence-corrected chi connectivity index (χ4v) is 0.394. The number of allylic oxidation sites excluding steroid dienone is 1. The molecule has 3 heteroatoms. The summed E-state index contributed by atoms with van der Waals surface area (Å²) >= 11 is 0. The summed E-state index contributed by atoms with van der Waals surface area (Å²) < 4.78 is 0. The summed E-state index contributed by atoms with van der Waals surface area (Å²) in [7, 11) is 0. The Labute approximate surface area is 46.8 Å². The van der Waals surface area contributed by atoms with Crippen LogP contribution in [-0.4, -0.2) is 17.6 Å². The van der Waals surface area contributed by atoms with Crippen LogP contribution in [0.1, 0.15) is 0 Å². The first-order chi connectivity index (χ1) is 3.80. The zero-order valence-corrected chi connectivity index (χ0v) is 4.18. The molecule has 0 fully saturated rings. The van der Waals surface area contributed by atoms with Crippen LogP contribution in [0, 0.1) is 10.8 Å². The van der Waals surface area contributed by atoms with E-state index in [1.165, 1.54) is 18.5 Å². The largest absolute Gasteiger partial charge is 0.299 e. The van der Waals surface area contributed by atoms with Crippen molar-refractivity contribution >= 4 is 17.6 Å². The van der Waals surface area contributed by atoms with E-state index in [1.54, 1.807) is 0 Å². The maximum absolute atomic E-state index is 6.99. The fourth-order valence-electron chi connectivity index (χ4n) is 0.394. The highest BCUT2D eigenvalue weighted by Gasteiger charge is 1.98. The molecular formula is C5H5N3. The van der Waals surface area contributed by atoms with Crippen LogP contribution in [0.2, 0.25) is 0 Å². The molecule has 0 saturated carbocycles. The number of nitrogens with zero attached hydrogens (tertiary/aromatic N) is 1. The normalized spacial score (nSPS) is 17.5. The highest BCUT2D eigenvalue weighted by atomic mass is 14.7. The summed E-state index contributed by atoms with van der Waals surface area (Å²) in [5.41, 5.74) is 0.396. The molecule has 0 atom stereocenters. The van der Waals surface area contributed by atoms with E-state index in [0.717, 1.165) is 0 Å². The second-order valence-electron chi connectivity index (χ2n) is 1.42. The van der Waals surface area contributed by atoms with Crippen LogP contribution in [-0.2, 0) is 0 Å². The first kappa shape index (κ1) is 4.90. The van der Waals surface area contributed by atoms with Gasteiger partial charge < -0.3 is 0 Å². The Morgan fingerprint density at radius 3 is 2.38 bits per heavy atom. The molecule has 0 aromatic rings. The summed E-state index contributed by atoms with van der Waals surface area (Å²) in [6, 6.07) is 0. The topological polar surface area (TPSA) is 60.1 Å².